The van der Waals surface area contributed by atoms with Gasteiger partial charge < -0.3 is 5.32 Å². The number of nitrogens with one attached hydrogen (secondary N) is 1. The summed E-state index contributed by atoms with van der Waals surface area (Å²) in [6.07, 6.45) is 3.42. The topological polar surface area (TPSA) is 24.9 Å². The second-order valence-corrected chi connectivity index (χ2v) is 4.48. The third-order valence-corrected chi connectivity index (χ3v) is 3.27. The van der Waals surface area contributed by atoms with Gasteiger partial charge in [0.15, 0.2) is 0 Å². The molecule has 0 radical (unpaired) electrons. The standard InChI is InChI=1S/C14H15ClN2/c1-10-4-3-5-14(11(10)2)17-8-12-6-7-16-9-13(12)15/h3-7,9,17H,8H2,1-2H3. The molecular formula is C14H15ClN2. The van der Waals surface area contributed by atoms with Crippen LogP contribution in [0.5, 0.6) is 0 Å². The Morgan fingerprint density at radius 2 is 2.06 bits per heavy atom. The molecule has 0 bridgehead atoms. The Bertz CT molecular complexity index is 523. The third kappa shape index (κ3) is 2.77. The number of halogens is 1. The molecule has 0 saturated heterocycles. The average Bonchev–Trinajstić information content (AvgIpc) is 2.33. The molecule has 2 nitrogen and oxygen atoms in total. The largest absolute Gasteiger partial charge is 0.381 e. The predicted molar refractivity (Wildman–Crippen MR) is 72.5 cm³/mol. The van der Waals surface area contributed by atoms with E-state index in [1.165, 1.54) is 11.1 Å². The van der Waals surface area contributed by atoms with Crippen molar-refractivity contribution in [2.75, 3.05) is 5.32 Å². The molecular weight excluding hydrogens is 232 g/mol. The molecule has 0 unspecified atom stereocenters. The fraction of sp³-hybridized carbons (Fsp3) is 0.214. The minimum absolute atomic E-state index is 0.699. The van der Waals surface area contributed by atoms with Crippen LogP contribution >= 0.6 is 11.6 Å². The molecule has 1 N–H and O–H groups in total. The van der Waals surface area contributed by atoms with E-state index in [2.05, 4.69) is 42.3 Å². The molecule has 0 aliphatic rings. The number of aromatic nitrogens is 1. The first-order valence-corrected chi connectivity index (χ1v) is 5.95. The van der Waals surface area contributed by atoms with Crippen LogP contribution in [-0.4, -0.2) is 4.98 Å². The molecule has 0 atom stereocenters. The number of hydrogen-bond donors (Lipinski definition) is 1. The summed E-state index contributed by atoms with van der Waals surface area (Å²) in [5.74, 6) is 0. The molecule has 0 fully saturated rings. The number of aryl methyl sites for hydroxylation is 1. The lowest BCUT2D eigenvalue weighted by atomic mass is 10.1. The fourth-order valence-corrected chi connectivity index (χ4v) is 1.87. The SMILES string of the molecule is Cc1cccc(NCc2ccncc2Cl)c1C. The molecule has 0 aliphatic heterocycles. The van der Waals surface area contributed by atoms with Gasteiger partial charge in [-0.05, 0) is 42.7 Å². The molecule has 2 rings (SSSR count). The Morgan fingerprint density at radius 1 is 1.24 bits per heavy atom. The Hall–Kier alpha value is -1.54. The van der Waals surface area contributed by atoms with E-state index in [0.717, 1.165) is 11.3 Å². The molecule has 3 heteroatoms. The Morgan fingerprint density at radius 3 is 2.82 bits per heavy atom. The molecule has 0 aliphatic carbocycles. The van der Waals surface area contributed by atoms with E-state index in [9.17, 15) is 0 Å². The molecule has 1 aromatic carbocycles. The van der Waals surface area contributed by atoms with Crippen LogP contribution in [0.3, 0.4) is 0 Å². The van der Waals surface area contributed by atoms with E-state index in [-0.39, 0.29) is 0 Å². The maximum absolute atomic E-state index is 6.06. The number of anilines is 1. The molecule has 0 saturated carbocycles. The van der Waals surface area contributed by atoms with Crippen LogP contribution in [0.2, 0.25) is 5.02 Å². The highest BCUT2D eigenvalue weighted by Gasteiger charge is 2.02. The van der Waals surface area contributed by atoms with Gasteiger partial charge in [-0.2, -0.15) is 0 Å². The molecule has 1 heterocycles. The van der Waals surface area contributed by atoms with Crippen molar-refractivity contribution >= 4 is 17.3 Å². The van der Waals surface area contributed by atoms with E-state index in [0.29, 0.717) is 11.6 Å². The van der Waals surface area contributed by atoms with E-state index >= 15 is 0 Å². The molecule has 1 aromatic heterocycles. The van der Waals surface area contributed by atoms with Gasteiger partial charge in [0.25, 0.3) is 0 Å². The lowest BCUT2D eigenvalue weighted by Crippen LogP contribution is -2.02. The van der Waals surface area contributed by atoms with Gasteiger partial charge in [0.2, 0.25) is 0 Å². The summed E-state index contributed by atoms with van der Waals surface area (Å²) >= 11 is 6.06. The smallest absolute Gasteiger partial charge is 0.0639 e. The van der Waals surface area contributed by atoms with Crippen LogP contribution < -0.4 is 5.32 Å². The van der Waals surface area contributed by atoms with Gasteiger partial charge in [0, 0.05) is 24.6 Å². The number of rotatable bonds is 3. The highest BCUT2D eigenvalue weighted by atomic mass is 35.5. The van der Waals surface area contributed by atoms with Crippen molar-refractivity contribution in [1.29, 1.82) is 0 Å². The summed E-state index contributed by atoms with van der Waals surface area (Å²) in [4.78, 5) is 3.97. The quantitative estimate of drug-likeness (QED) is 0.887. The maximum Gasteiger partial charge on any atom is 0.0639 e. The number of benzene rings is 1. The van der Waals surface area contributed by atoms with Crippen molar-refractivity contribution in [2.24, 2.45) is 0 Å². The van der Waals surface area contributed by atoms with Crippen molar-refractivity contribution < 1.29 is 0 Å². The van der Waals surface area contributed by atoms with Gasteiger partial charge in [-0.15, -0.1) is 0 Å². The highest BCUT2D eigenvalue weighted by Crippen LogP contribution is 2.20. The van der Waals surface area contributed by atoms with Crippen LogP contribution in [-0.2, 0) is 6.54 Å². The van der Waals surface area contributed by atoms with Crippen LogP contribution in [0.4, 0.5) is 5.69 Å². The fourth-order valence-electron chi connectivity index (χ4n) is 1.68. The minimum Gasteiger partial charge on any atom is -0.381 e. The lowest BCUT2D eigenvalue weighted by molar-refractivity contribution is 1.12. The lowest BCUT2D eigenvalue weighted by Gasteiger charge is -2.12. The van der Waals surface area contributed by atoms with Crippen molar-refractivity contribution in [3.63, 3.8) is 0 Å². The molecule has 2 aromatic rings. The van der Waals surface area contributed by atoms with E-state index < -0.39 is 0 Å². The summed E-state index contributed by atoms with van der Waals surface area (Å²) < 4.78 is 0. The number of nitrogens with zero attached hydrogens (tertiary/aromatic N) is 1. The first kappa shape index (κ1) is 11.9. The molecule has 0 spiro atoms. The van der Waals surface area contributed by atoms with Gasteiger partial charge >= 0.3 is 0 Å². The van der Waals surface area contributed by atoms with Crippen LogP contribution in [0.25, 0.3) is 0 Å². The normalized spacial score (nSPS) is 10.3. The summed E-state index contributed by atoms with van der Waals surface area (Å²) in [6, 6.07) is 8.18. The highest BCUT2D eigenvalue weighted by molar-refractivity contribution is 6.31. The molecule has 88 valence electrons. The van der Waals surface area contributed by atoms with Crippen molar-refractivity contribution in [3.05, 3.63) is 58.4 Å². The minimum atomic E-state index is 0.699. The summed E-state index contributed by atoms with van der Waals surface area (Å²) in [6.45, 7) is 4.94. The van der Waals surface area contributed by atoms with Crippen LogP contribution in [0.15, 0.2) is 36.7 Å². The summed E-state index contributed by atoms with van der Waals surface area (Å²) in [7, 11) is 0. The molecule has 0 amide bonds. The van der Waals surface area contributed by atoms with Gasteiger partial charge in [0.05, 0.1) is 5.02 Å². The average molecular weight is 247 g/mol. The monoisotopic (exact) mass is 246 g/mol. The van der Waals surface area contributed by atoms with Crippen molar-refractivity contribution in [2.45, 2.75) is 20.4 Å². The zero-order valence-corrected chi connectivity index (χ0v) is 10.8. The second-order valence-electron chi connectivity index (χ2n) is 4.07. The Balaban J connectivity index is 2.13. The molecule has 17 heavy (non-hydrogen) atoms. The Labute approximate surface area is 107 Å². The maximum atomic E-state index is 6.06. The number of hydrogen-bond acceptors (Lipinski definition) is 2. The van der Waals surface area contributed by atoms with E-state index in [1.54, 1.807) is 12.4 Å². The second kappa shape index (κ2) is 5.19. The summed E-state index contributed by atoms with van der Waals surface area (Å²) in [5, 5.41) is 4.10. The first-order chi connectivity index (χ1) is 8.18. The first-order valence-electron chi connectivity index (χ1n) is 5.57. The third-order valence-electron chi connectivity index (χ3n) is 2.93. The van der Waals surface area contributed by atoms with Crippen molar-refractivity contribution in [3.8, 4) is 0 Å². The van der Waals surface area contributed by atoms with E-state index in [1.807, 2.05) is 6.07 Å². The zero-order chi connectivity index (χ0) is 12.3. The summed E-state index contributed by atoms with van der Waals surface area (Å²) in [5.41, 5.74) is 4.77. The van der Waals surface area contributed by atoms with E-state index in [4.69, 9.17) is 11.6 Å². The zero-order valence-electron chi connectivity index (χ0n) is 10.00. The van der Waals surface area contributed by atoms with Crippen LogP contribution in [0.1, 0.15) is 16.7 Å². The Kier molecular flexibility index (Phi) is 3.64. The number of pyridine rings is 1. The van der Waals surface area contributed by atoms with Crippen molar-refractivity contribution in [1.82, 2.24) is 4.98 Å². The predicted octanol–water partition coefficient (Wildman–Crippen LogP) is 3.96. The van der Waals surface area contributed by atoms with Gasteiger partial charge in [-0.1, -0.05) is 23.7 Å². The van der Waals surface area contributed by atoms with Gasteiger partial charge in [0.1, 0.15) is 0 Å². The van der Waals surface area contributed by atoms with Gasteiger partial charge in [-0.25, -0.2) is 0 Å². The van der Waals surface area contributed by atoms with Crippen LogP contribution in [0, 0.1) is 13.8 Å². The van der Waals surface area contributed by atoms with Gasteiger partial charge in [-0.3, -0.25) is 4.98 Å².